The van der Waals surface area contributed by atoms with Gasteiger partial charge in [0.05, 0.1) is 18.1 Å². The standard InChI is InChI=1S/C19H24N4O3/c1-13-6-10-26-17(13)19(25)22-8-4-15-16(5-9-22)20-12-21-18(15)23-7-2-3-14(24)11-23/h6,10,12,14,24H,2-5,7-9,11H2,1H3/t14-/m1/s1. The average molecular weight is 356 g/mol. The molecule has 1 N–H and O–H groups in total. The zero-order valence-corrected chi connectivity index (χ0v) is 15.0. The SMILES string of the molecule is Cc1ccoc1C(=O)N1CCc2ncnc(N3CCC[C@@H](O)C3)c2CC1. The summed E-state index contributed by atoms with van der Waals surface area (Å²) in [6.07, 6.45) is 6.07. The number of aromatic nitrogens is 2. The van der Waals surface area contributed by atoms with Crippen molar-refractivity contribution in [3.8, 4) is 0 Å². The Bertz CT molecular complexity index is 804. The number of rotatable bonds is 2. The molecule has 2 aromatic rings. The summed E-state index contributed by atoms with van der Waals surface area (Å²) >= 11 is 0. The van der Waals surface area contributed by atoms with E-state index in [1.165, 1.54) is 0 Å². The van der Waals surface area contributed by atoms with E-state index >= 15 is 0 Å². The van der Waals surface area contributed by atoms with Gasteiger partial charge in [-0.1, -0.05) is 0 Å². The van der Waals surface area contributed by atoms with E-state index in [2.05, 4.69) is 14.9 Å². The zero-order valence-electron chi connectivity index (χ0n) is 15.0. The first-order valence-electron chi connectivity index (χ1n) is 9.22. The lowest BCUT2D eigenvalue weighted by molar-refractivity contribution is 0.0730. The number of hydrogen-bond donors (Lipinski definition) is 1. The number of carbonyl (C=O) groups is 1. The minimum absolute atomic E-state index is 0.0665. The van der Waals surface area contributed by atoms with Crippen molar-refractivity contribution in [1.29, 1.82) is 0 Å². The van der Waals surface area contributed by atoms with Crippen LogP contribution in [0.4, 0.5) is 5.82 Å². The van der Waals surface area contributed by atoms with Crippen LogP contribution in [0.5, 0.6) is 0 Å². The maximum absolute atomic E-state index is 12.8. The molecule has 4 heterocycles. The maximum Gasteiger partial charge on any atom is 0.289 e. The molecule has 0 spiro atoms. The van der Waals surface area contributed by atoms with Gasteiger partial charge >= 0.3 is 0 Å². The van der Waals surface area contributed by atoms with Gasteiger partial charge in [0.1, 0.15) is 12.1 Å². The third-order valence-electron chi connectivity index (χ3n) is 5.30. The van der Waals surface area contributed by atoms with Crippen LogP contribution in [0.15, 0.2) is 23.1 Å². The molecule has 0 unspecified atom stereocenters. The topological polar surface area (TPSA) is 82.7 Å². The van der Waals surface area contributed by atoms with Crippen molar-refractivity contribution in [1.82, 2.24) is 14.9 Å². The monoisotopic (exact) mass is 356 g/mol. The zero-order chi connectivity index (χ0) is 18.1. The number of furan rings is 1. The summed E-state index contributed by atoms with van der Waals surface area (Å²) in [7, 11) is 0. The summed E-state index contributed by atoms with van der Waals surface area (Å²) in [6.45, 7) is 4.62. The van der Waals surface area contributed by atoms with Gasteiger partial charge in [0.2, 0.25) is 0 Å². The number of fused-ring (bicyclic) bond motifs is 1. The van der Waals surface area contributed by atoms with Gasteiger partial charge in [-0.05, 0) is 32.3 Å². The minimum atomic E-state index is -0.305. The number of β-amino-alcohol motifs (C(OH)–C–C–N with tert-alkyl or cyclic N) is 1. The van der Waals surface area contributed by atoms with Gasteiger partial charge in [-0.25, -0.2) is 9.97 Å². The van der Waals surface area contributed by atoms with Gasteiger partial charge in [-0.15, -0.1) is 0 Å². The Morgan fingerprint density at radius 3 is 2.88 bits per heavy atom. The van der Waals surface area contributed by atoms with Gasteiger partial charge in [-0.2, -0.15) is 0 Å². The first-order valence-corrected chi connectivity index (χ1v) is 9.22. The summed E-state index contributed by atoms with van der Waals surface area (Å²) in [5.74, 6) is 1.27. The fourth-order valence-corrected chi connectivity index (χ4v) is 3.87. The lowest BCUT2D eigenvalue weighted by Crippen LogP contribution is -2.39. The summed E-state index contributed by atoms with van der Waals surface area (Å²) in [5.41, 5.74) is 2.97. The molecule has 0 saturated carbocycles. The highest BCUT2D eigenvalue weighted by molar-refractivity contribution is 5.92. The van der Waals surface area contributed by atoms with E-state index in [-0.39, 0.29) is 12.0 Å². The van der Waals surface area contributed by atoms with E-state index < -0.39 is 0 Å². The number of aryl methyl sites for hydroxylation is 1. The molecular formula is C19H24N4O3. The van der Waals surface area contributed by atoms with E-state index in [1.807, 2.05) is 17.9 Å². The van der Waals surface area contributed by atoms with Gasteiger partial charge in [-0.3, -0.25) is 4.79 Å². The van der Waals surface area contributed by atoms with Crippen LogP contribution in [0.1, 0.15) is 40.2 Å². The molecule has 138 valence electrons. The Labute approximate surface area is 152 Å². The second kappa shape index (κ2) is 7.07. The first kappa shape index (κ1) is 17.0. The Balaban J connectivity index is 1.55. The number of hydrogen-bond acceptors (Lipinski definition) is 6. The lowest BCUT2D eigenvalue weighted by atomic mass is 10.1. The van der Waals surface area contributed by atoms with Gasteiger partial charge < -0.3 is 19.3 Å². The second-order valence-electron chi connectivity index (χ2n) is 7.09. The van der Waals surface area contributed by atoms with Gasteiger partial charge in [0.25, 0.3) is 5.91 Å². The third kappa shape index (κ3) is 3.19. The number of anilines is 1. The maximum atomic E-state index is 12.8. The Morgan fingerprint density at radius 1 is 1.27 bits per heavy atom. The highest BCUT2D eigenvalue weighted by Crippen LogP contribution is 2.27. The highest BCUT2D eigenvalue weighted by atomic mass is 16.3. The van der Waals surface area contributed by atoms with E-state index in [1.54, 1.807) is 12.6 Å². The molecule has 4 rings (SSSR count). The molecule has 0 bridgehead atoms. The Morgan fingerprint density at radius 2 is 2.12 bits per heavy atom. The molecule has 0 aromatic carbocycles. The van der Waals surface area contributed by atoms with Crippen molar-refractivity contribution in [3.05, 3.63) is 41.2 Å². The molecule has 2 aliphatic heterocycles. The predicted molar refractivity (Wildman–Crippen MR) is 96.2 cm³/mol. The summed E-state index contributed by atoms with van der Waals surface area (Å²) < 4.78 is 5.37. The van der Waals surface area contributed by atoms with Crippen molar-refractivity contribution >= 4 is 11.7 Å². The lowest BCUT2D eigenvalue weighted by Gasteiger charge is -2.32. The highest BCUT2D eigenvalue weighted by Gasteiger charge is 2.27. The van der Waals surface area contributed by atoms with Gasteiger partial charge in [0.15, 0.2) is 5.76 Å². The normalized spacial score (nSPS) is 20.6. The van der Waals surface area contributed by atoms with Crippen LogP contribution in [0.25, 0.3) is 0 Å². The van der Waals surface area contributed by atoms with Crippen LogP contribution in [0.3, 0.4) is 0 Å². The van der Waals surface area contributed by atoms with E-state index in [4.69, 9.17) is 4.42 Å². The second-order valence-corrected chi connectivity index (χ2v) is 7.09. The fraction of sp³-hybridized carbons (Fsp3) is 0.526. The van der Waals surface area contributed by atoms with Crippen molar-refractivity contribution in [2.75, 3.05) is 31.1 Å². The molecule has 1 fully saturated rings. The van der Waals surface area contributed by atoms with E-state index in [0.29, 0.717) is 38.2 Å². The summed E-state index contributed by atoms with van der Waals surface area (Å²) in [5, 5.41) is 10.00. The number of carbonyl (C=O) groups excluding carboxylic acids is 1. The van der Waals surface area contributed by atoms with Crippen LogP contribution in [0, 0.1) is 6.92 Å². The number of amides is 1. The largest absolute Gasteiger partial charge is 0.459 e. The number of aliphatic hydroxyl groups is 1. The molecular weight excluding hydrogens is 332 g/mol. The molecule has 1 saturated heterocycles. The minimum Gasteiger partial charge on any atom is -0.459 e. The van der Waals surface area contributed by atoms with E-state index in [0.717, 1.165) is 42.0 Å². The fourth-order valence-electron chi connectivity index (χ4n) is 3.87. The molecule has 0 aliphatic carbocycles. The predicted octanol–water partition coefficient (Wildman–Crippen LogP) is 1.58. The smallest absolute Gasteiger partial charge is 0.289 e. The summed E-state index contributed by atoms with van der Waals surface area (Å²) in [6, 6.07) is 1.81. The van der Waals surface area contributed by atoms with Crippen LogP contribution in [0.2, 0.25) is 0 Å². The number of aliphatic hydroxyl groups excluding tert-OH is 1. The third-order valence-corrected chi connectivity index (χ3v) is 5.30. The molecule has 2 aromatic heterocycles. The first-order chi connectivity index (χ1) is 12.6. The molecule has 2 aliphatic rings. The molecule has 1 atom stereocenters. The molecule has 26 heavy (non-hydrogen) atoms. The summed E-state index contributed by atoms with van der Waals surface area (Å²) in [4.78, 5) is 25.7. The number of nitrogens with zero attached hydrogens (tertiary/aromatic N) is 4. The molecule has 7 heteroatoms. The quantitative estimate of drug-likeness (QED) is 0.880. The Hall–Kier alpha value is -2.41. The molecule has 0 radical (unpaired) electrons. The number of piperidine rings is 1. The van der Waals surface area contributed by atoms with Crippen molar-refractivity contribution in [2.45, 2.75) is 38.7 Å². The van der Waals surface area contributed by atoms with Crippen LogP contribution in [-0.2, 0) is 12.8 Å². The van der Waals surface area contributed by atoms with Crippen molar-refractivity contribution < 1.29 is 14.3 Å². The van der Waals surface area contributed by atoms with Crippen molar-refractivity contribution in [2.24, 2.45) is 0 Å². The van der Waals surface area contributed by atoms with Crippen LogP contribution >= 0.6 is 0 Å². The average Bonchev–Trinajstić information content (AvgIpc) is 2.95. The molecule has 7 nitrogen and oxygen atoms in total. The molecule has 1 amide bonds. The van der Waals surface area contributed by atoms with Gasteiger partial charge in [0, 0.05) is 43.7 Å². The van der Waals surface area contributed by atoms with Crippen molar-refractivity contribution in [3.63, 3.8) is 0 Å². The van der Waals surface area contributed by atoms with E-state index in [9.17, 15) is 9.90 Å². The Kier molecular flexibility index (Phi) is 4.63. The van der Waals surface area contributed by atoms with Crippen LogP contribution < -0.4 is 4.90 Å². The van der Waals surface area contributed by atoms with Crippen LogP contribution in [-0.4, -0.2) is 58.2 Å².